The molecule has 0 heterocycles. The number of nitrogens with zero attached hydrogens (tertiary/aromatic N) is 2. The molecule has 1 aromatic rings. The minimum absolute atomic E-state index is 0.0435. The number of anilines is 1. The van der Waals surface area contributed by atoms with Crippen molar-refractivity contribution < 1.29 is 44.7 Å². The van der Waals surface area contributed by atoms with Crippen molar-refractivity contribution in [1.82, 2.24) is 10.2 Å². The van der Waals surface area contributed by atoms with Crippen LogP contribution in [0.1, 0.15) is 32.7 Å². The molecule has 1 aromatic carbocycles. The van der Waals surface area contributed by atoms with Gasteiger partial charge in [0.15, 0.2) is 11.4 Å². The molecule has 0 unspecified atom stereocenters. The number of carbonyl (C=O) groups is 4. The van der Waals surface area contributed by atoms with Gasteiger partial charge < -0.3 is 41.5 Å². The quantitative estimate of drug-likeness (QED) is 0.214. The molecule has 0 aromatic heterocycles. The first-order valence-electron chi connectivity index (χ1n) is 12.3. The lowest BCUT2D eigenvalue weighted by Crippen LogP contribution is -2.63. The van der Waals surface area contributed by atoms with Gasteiger partial charge in [0, 0.05) is 37.8 Å². The van der Waals surface area contributed by atoms with Crippen molar-refractivity contribution in [2.75, 3.05) is 46.2 Å². The molecule has 3 aliphatic rings. The average molecular weight is 545 g/mol. The second-order valence-electron chi connectivity index (χ2n) is 10.5. The highest BCUT2D eigenvalue weighted by Crippen LogP contribution is 2.53. The number of benzene rings is 1. The van der Waals surface area contributed by atoms with Gasteiger partial charge in [0.05, 0.1) is 23.8 Å². The number of likely N-dealkylation sites (N-methyl/N-ethyl adjacent to an activating group) is 1. The van der Waals surface area contributed by atoms with Crippen LogP contribution in [0.5, 0.6) is 5.75 Å². The fourth-order valence-electron chi connectivity index (χ4n) is 6.14. The maximum Gasteiger partial charge on any atom is 0.255 e. The van der Waals surface area contributed by atoms with E-state index >= 15 is 0 Å². The Labute approximate surface area is 223 Å². The predicted octanol–water partition coefficient (Wildman–Crippen LogP) is -1.09. The number of carbonyl (C=O) groups excluding carboxylic acids is 4. The zero-order valence-corrected chi connectivity index (χ0v) is 22.0. The molecule has 2 amide bonds. The SMILES string of the molecule is CN(C)c1cc(C(=O)NCCO)c(O)c2c1C[C@H]1C[C@H]3[C@H](N(C)C)C(O)=C(C(N)=O)C(=O)[C@@]3(O)C(O)=C1C2=O. The van der Waals surface area contributed by atoms with Gasteiger partial charge in [-0.3, -0.25) is 24.1 Å². The number of Topliss-reactive ketones (excluding diaryl/α,β-unsaturated/α-hetero) is 2. The van der Waals surface area contributed by atoms with Crippen LogP contribution in [0, 0.1) is 11.8 Å². The Morgan fingerprint density at radius 3 is 2.33 bits per heavy atom. The van der Waals surface area contributed by atoms with E-state index in [0.717, 1.165) is 0 Å². The Morgan fingerprint density at radius 1 is 1.15 bits per heavy atom. The standard InChI is InChI=1S/C26H32N4O9/c1-29(2)14-9-12(25(38)28-5-6-31)19(32)16-11(14)7-10-8-13-18(30(3)4)21(34)17(24(27)37)23(36)26(13,39)22(35)15(10)20(16)33/h9-10,13,18,31-32,34-35,39H,5-8H2,1-4H3,(H2,27,37)(H,28,38)/t10-,13-,18-,26-/m0/s1. The minimum Gasteiger partial charge on any atom is -0.510 e. The molecule has 0 saturated carbocycles. The summed E-state index contributed by atoms with van der Waals surface area (Å²) in [6, 6.07) is 0.331. The van der Waals surface area contributed by atoms with Crippen LogP contribution in [0.15, 0.2) is 28.7 Å². The largest absolute Gasteiger partial charge is 0.510 e. The third kappa shape index (κ3) is 3.96. The Bertz CT molecular complexity index is 1360. The number of hydrogen-bond acceptors (Lipinski definition) is 11. The summed E-state index contributed by atoms with van der Waals surface area (Å²) in [6.07, 6.45) is 0.0479. The zero-order chi connectivity index (χ0) is 29.1. The average Bonchev–Trinajstić information content (AvgIpc) is 2.84. The molecule has 0 bridgehead atoms. The van der Waals surface area contributed by atoms with E-state index in [0.29, 0.717) is 11.3 Å². The van der Waals surface area contributed by atoms with Crippen molar-refractivity contribution >= 4 is 29.1 Å². The number of nitrogens with one attached hydrogen (secondary N) is 1. The van der Waals surface area contributed by atoms with E-state index in [1.165, 1.54) is 11.0 Å². The number of phenolic OH excluding ortho intramolecular Hbond substituents is 1. The number of amides is 2. The predicted molar refractivity (Wildman–Crippen MR) is 137 cm³/mol. The number of phenols is 1. The third-order valence-corrected chi connectivity index (χ3v) is 7.82. The highest BCUT2D eigenvalue weighted by molar-refractivity contribution is 6.25. The molecule has 0 saturated heterocycles. The Kier molecular flexibility index (Phi) is 6.96. The summed E-state index contributed by atoms with van der Waals surface area (Å²) in [6.45, 7) is -0.445. The molecule has 0 fully saturated rings. The molecule has 4 rings (SSSR count). The lowest BCUT2D eigenvalue weighted by Gasteiger charge is -2.50. The van der Waals surface area contributed by atoms with Crippen molar-refractivity contribution in [3.8, 4) is 5.75 Å². The molecule has 0 aliphatic heterocycles. The number of rotatable bonds is 6. The molecule has 0 radical (unpaired) electrons. The molecule has 0 spiro atoms. The molecule has 210 valence electrons. The summed E-state index contributed by atoms with van der Waals surface area (Å²) in [4.78, 5) is 55.2. The minimum atomic E-state index is -2.75. The van der Waals surface area contributed by atoms with E-state index in [-0.39, 0.29) is 42.7 Å². The van der Waals surface area contributed by atoms with Gasteiger partial charge in [-0.2, -0.15) is 0 Å². The van der Waals surface area contributed by atoms with Crippen LogP contribution in [0.4, 0.5) is 5.69 Å². The molecular formula is C26H32N4O9. The van der Waals surface area contributed by atoms with Gasteiger partial charge in [0.25, 0.3) is 11.8 Å². The van der Waals surface area contributed by atoms with Gasteiger partial charge in [0.2, 0.25) is 5.78 Å². The van der Waals surface area contributed by atoms with E-state index < -0.39 is 69.7 Å². The number of allylic oxidation sites excluding steroid dienone is 1. The van der Waals surface area contributed by atoms with Crippen LogP contribution in [0.2, 0.25) is 0 Å². The number of fused-ring (bicyclic) bond motifs is 3. The molecule has 13 nitrogen and oxygen atoms in total. The summed E-state index contributed by atoms with van der Waals surface area (Å²) >= 11 is 0. The Hall–Kier alpha value is -3.94. The van der Waals surface area contributed by atoms with E-state index in [9.17, 15) is 39.6 Å². The van der Waals surface area contributed by atoms with Crippen LogP contribution in [-0.2, 0) is 16.0 Å². The summed E-state index contributed by atoms with van der Waals surface area (Å²) in [5.41, 5.74) is 1.73. The molecule has 8 N–H and O–H groups in total. The molecule has 3 aliphatic carbocycles. The summed E-state index contributed by atoms with van der Waals surface area (Å²) < 4.78 is 0. The second-order valence-corrected chi connectivity index (χ2v) is 10.5. The molecule has 4 atom stereocenters. The van der Waals surface area contributed by atoms with Gasteiger partial charge in [-0.05, 0) is 44.5 Å². The number of primary amides is 1. The maximum absolute atomic E-state index is 13.9. The first kappa shape index (κ1) is 28.1. The fraction of sp³-hybridized carbons (Fsp3) is 0.462. The highest BCUT2D eigenvalue weighted by atomic mass is 16.3. The highest BCUT2D eigenvalue weighted by Gasteiger charge is 2.63. The maximum atomic E-state index is 13.9. The van der Waals surface area contributed by atoms with Crippen LogP contribution in [0.3, 0.4) is 0 Å². The van der Waals surface area contributed by atoms with Gasteiger partial charge in [-0.15, -0.1) is 0 Å². The van der Waals surface area contributed by atoms with Crippen molar-refractivity contribution in [3.63, 3.8) is 0 Å². The first-order chi connectivity index (χ1) is 18.2. The smallest absolute Gasteiger partial charge is 0.255 e. The van der Waals surface area contributed by atoms with Gasteiger partial charge in [-0.25, -0.2) is 0 Å². The number of ketones is 2. The van der Waals surface area contributed by atoms with E-state index in [4.69, 9.17) is 10.8 Å². The topological polar surface area (TPSA) is 214 Å². The fourth-order valence-corrected chi connectivity index (χ4v) is 6.14. The van der Waals surface area contributed by atoms with Crippen molar-refractivity contribution in [3.05, 3.63) is 45.4 Å². The van der Waals surface area contributed by atoms with Crippen LogP contribution < -0.4 is 16.0 Å². The summed E-state index contributed by atoms with van der Waals surface area (Å²) in [5.74, 6) is -8.41. The van der Waals surface area contributed by atoms with Crippen molar-refractivity contribution in [2.24, 2.45) is 17.6 Å². The van der Waals surface area contributed by atoms with E-state index in [1.54, 1.807) is 33.1 Å². The first-order valence-corrected chi connectivity index (χ1v) is 12.3. The Balaban J connectivity index is 1.96. The Morgan fingerprint density at radius 2 is 1.79 bits per heavy atom. The van der Waals surface area contributed by atoms with Crippen LogP contribution in [0.25, 0.3) is 0 Å². The number of aliphatic hydroxyl groups is 4. The van der Waals surface area contributed by atoms with Gasteiger partial charge >= 0.3 is 0 Å². The van der Waals surface area contributed by atoms with Gasteiger partial charge in [-0.1, -0.05) is 0 Å². The zero-order valence-electron chi connectivity index (χ0n) is 22.0. The third-order valence-electron chi connectivity index (χ3n) is 7.82. The molecule has 39 heavy (non-hydrogen) atoms. The lowest BCUT2D eigenvalue weighted by atomic mass is 9.58. The lowest BCUT2D eigenvalue weighted by molar-refractivity contribution is -0.148. The van der Waals surface area contributed by atoms with Crippen molar-refractivity contribution in [1.29, 1.82) is 0 Å². The summed E-state index contributed by atoms with van der Waals surface area (Å²) in [7, 11) is 6.48. The van der Waals surface area contributed by atoms with E-state index in [1.807, 2.05) is 0 Å². The number of aliphatic hydroxyl groups excluding tert-OH is 3. The number of hydrogen-bond donors (Lipinski definition) is 7. The summed E-state index contributed by atoms with van der Waals surface area (Å²) in [5, 5.41) is 56.5. The molecule has 13 heteroatoms. The van der Waals surface area contributed by atoms with Crippen molar-refractivity contribution in [2.45, 2.75) is 24.5 Å². The van der Waals surface area contributed by atoms with E-state index in [2.05, 4.69) is 5.32 Å². The van der Waals surface area contributed by atoms with Crippen LogP contribution in [-0.4, -0.2) is 107 Å². The monoisotopic (exact) mass is 544 g/mol. The van der Waals surface area contributed by atoms with Gasteiger partial charge in [0.1, 0.15) is 22.8 Å². The molecular weight excluding hydrogens is 512 g/mol. The normalized spacial score (nSPS) is 26.3. The number of nitrogens with two attached hydrogens (primary N) is 1. The number of aromatic hydroxyl groups is 1. The van der Waals surface area contributed by atoms with Crippen LogP contribution >= 0.6 is 0 Å². The second kappa shape index (κ2) is 9.67.